The smallest absolute Gasteiger partial charge is 0.410 e. The first-order valence-corrected chi connectivity index (χ1v) is 16.8. The number of rotatable bonds is 15. The van der Waals surface area contributed by atoms with Gasteiger partial charge in [0.15, 0.2) is 0 Å². The number of hydrogen-bond acceptors (Lipinski definition) is 7. The minimum Gasteiger partial charge on any atom is -0.463 e. The van der Waals surface area contributed by atoms with E-state index >= 15 is 0 Å². The molecular formula is C35H42IN3O7. The topological polar surface area (TPSA) is 108 Å². The standard InChI is InChI=1S/C35H42IN3O7/c1-35(2)44-24-27-20-26(13-14-31(27)46-35)32-22-39(34(41)45-32)15-5-3-4-6-16-42-17-18-43-23-25-9-7-11-29(19-25)37-33(40)38-30-12-8-10-28(36)21-30/h7-14,19-21,32H,3-6,15-18,22-24H2,1-2H3,(H2,37,38,40). The van der Waals surface area contributed by atoms with Crippen molar-refractivity contribution in [3.8, 4) is 5.75 Å². The number of nitrogens with zero attached hydrogens (tertiary/aromatic N) is 1. The Labute approximate surface area is 284 Å². The van der Waals surface area contributed by atoms with Crippen molar-refractivity contribution >= 4 is 46.1 Å². The van der Waals surface area contributed by atoms with Crippen LogP contribution in [0, 0.1) is 3.57 Å². The Morgan fingerprint density at radius 1 is 0.935 bits per heavy atom. The summed E-state index contributed by atoms with van der Waals surface area (Å²) >= 11 is 2.21. The minimum atomic E-state index is -0.635. The fraction of sp³-hybridized carbons (Fsp3) is 0.429. The van der Waals surface area contributed by atoms with Gasteiger partial charge in [0.05, 0.1) is 33.0 Å². The summed E-state index contributed by atoms with van der Waals surface area (Å²) in [5.41, 5.74) is 4.35. The molecule has 0 bridgehead atoms. The molecule has 1 fully saturated rings. The highest BCUT2D eigenvalue weighted by Gasteiger charge is 2.33. The lowest BCUT2D eigenvalue weighted by Gasteiger charge is -2.32. The van der Waals surface area contributed by atoms with Gasteiger partial charge in [-0.25, -0.2) is 9.59 Å². The minimum absolute atomic E-state index is 0.258. The van der Waals surface area contributed by atoms with Crippen LogP contribution in [0.25, 0.3) is 0 Å². The van der Waals surface area contributed by atoms with E-state index in [1.807, 2.05) is 80.6 Å². The SMILES string of the molecule is CC1(C)OCc2cc(C3CN(CCCCCCOCCOCc4cccc(NC(=O)Nc5cccc(I)c5)c4)C(=O)O3)ccc2O1. The maximum absolute atomic E-state index is 12.4. The van der Waals surface area contributed by atoms with Crippen molar-refractivity contribution in [2.24, 2.45) is 0 Å². The van der Waals surface area contributed by atoms with Crippen LogP contribution in [0.15, 0.2) is 66.7 Å². The van der Waals surface area contributed by atoms with Gasteiger partial charge in [0, 0.05) is 47.5 Å². The van der Waals surface area contributed by atoms with Gasteiger partial charge in [0.2, 0.25) is 5.79 Å². The average molecular weight is 744 g/mol. The Bertz CT molecular complexity index is 1480. The Hall–Kier alpha value is -3.39. The van der Waals surface area contributed by atoms with Crippen LogP contribution in [-0.2, 0) is 32.2 Å². The second-order valence-electron chi connectivity index (χ2n) is 11.8. The zero-order valence-electron chi connectivity index (χ0n) is 26.4. The number of hydrogen-bond donors (Lipinski definition) is 2. The average Bonchev–Trinajstić information content (AvgIpc) is 3.39. The van der Waals surface area contributed by atoms with Crippen molar-refractivity contribution in [1.29, 1.82) is 0 Å². The van der Waals surface area contributed by atoms with Crippen LogP contribution in [0.2, 0.25) is 0 Å². The molecule has 3 amide bonds. The molecule has 0 radical (unpaired) electrons. The third kappa shape index (κ3) is 10.3. The summed E-state index contributed by atoms with van der Waals surface area (Å²) in [5.74, 6) is 0.179. The first kappa shape index (κ1) is 34.0. The summed E-state index contributed by atoms with van der Waals surface area (Å²) < 4.78 is 29.8. The molecule has 1 saturated heterocycles. The van der Waals surface area contributed by atoms with Crippen LogP contribution < -0.4 is 15.4 Å². The molecule has 11 heteroatoms. The molecule has 0 spiro atoms. The number of halogens is 1. The van der Waals surface area contributed by atoms with Gasteiger partial charge in [0.1, 0.15) is 11.9 Å². The number of cyclic esters (lactones) is 1. The number of fused-ring (bicyclic) bond motifs is 1. The Morgan fingerprint density at radius 3 is 2.52 bits per heavy atom. The largest absolute Gasteiger partial charge is 0.463 e. The number of ether oxygens (including phenoxy) is 5. The van der Waals surface area contributed by atoms with Crippen molar-refractivity contribution in [2.75, 3.05) is 43.5 Å². The zero-order chi connectivity index (χ0) is 32.4. The first-order valence-electron chi connectivity index (χ1n) is 15.7. The van der Waals surface area contributed by atoms with Crippen LogP contribution >= 0.6 is 22.6 Å². The molecule has 5 rings (SSSR count). The highest BCUT2D eigenvalue weighted by atomic mass is 127. The van der Waals surface area contributed by atoms with Gasteiger partial charge < -0.3 is 39.2 Å². The molecule has 3 aromatic carbocycles. The summed E-state index contributed by atoms with van der Waals surface area (Å²) in [5, 5.41) is 5.70. The summed E-state index contributed by atoms with van der Waals surface area (Å²) in [7, 11) is 0. The third-order valence-corrected chi connectivity index (χ3v) is 8.32. The molecule has 246 valence electrons. The van der Waals surface area contributed by atoms with Crippen LogP contribution in [-0.4, -0.2) is 55.7 Å². The van der Waals surface area contributed by atoms with Crippen LogP contribution in [0.5, 0.6) is 5.75 Å². The molecule has 2 aliphatic heterocycles. The van der Waals surface area contributed by atoms with E-state index in [0.717, 1.165) is 57.4 Å². The second kappa shape index (κ2) is 16.4. The number of carbonyl (C=O) groups excluding carboxylic acids is 2. The van der Waals surface area contributed by atoms with E-state index in [0.29, 0.717) is 51.8 Å². The summed E-state index contributed by atoms with van der Waals surface area (Å²) in [6, 6.07) is 20.9. The summed E-state index contributed by atoms with van der Waals surface area (Å²) in [4.78, 5) is 26.6. The van der Waals surface area contributed by atoms with Crippen molar-refractivity contribution < 1.29 is 33.3 Å². The molecule has 1 unspecified atom stereocenters. The number of urea groups is 1. The molecule has 2 N–H and O–H groups in total. The number of anilines is 2. The van der Waals surface area contributed by atoms with E-state index in [1.54, 1.807) is 4.90 Å². The third-order valence-electron chi connectivity index (χ3n) is 7.65. The van der Waals surface area contributed by atoms with Gasteiger partial charge in [-0.1, -0.05) is 37.1 Å². The molecule has 0 aromatic heterocycles. The van der Waals surface area contributed by atoms with E-state index in [9.17, 15) is 9.59 Å². The Morgan fingerprint density at radius 2 is 1.70 bits per heavy atom. The van der Waals surface area contributed by atoms with Gasteiger partial charge in [-0.3, -0.25) is 0 Å². The molecule has 0 saturated carbocycles. The molecule has 10 nitrogen and oxygen atoms in total. The highest BCUT2D eigenvalue weighted by Crippen LogP contribution is 2.35. The summed E-state index contributed by atoms with van der Waals surface area (Å²) in [6.45, 7) is 7.62. The Kier molecular flexibility index (Phi) is 12.1. The van der Waals surface area contributed by atoms with Crippen molar-refractivity contribution in [2.45, 2.75) is 64.6 Å². The fourth-order valence-electron chi connectivity index (χ4n) is 5.29. The van der Waals surface area contributed by atoms with Gasteiger partial charge in [-0.05, 0) is 89.0 Å². The van der Waals surface area contributed by atoms with Gasteiger partial charge in [-0.15, -0.1) is 0 Å². The lowest BCUT2D eigenvalue weighted by atomic mass is 10.0. The molecule has 46 heavy (non-hydrogen) atoms. The van der Waals surface area contributed by atoms with Crippen molar-refractivity contribution in [3.63, 3.8) is 0 Å². The van der Waals surface area contributed by atoms with Crippen LogP contribution in [0.1, 0.15) is 62.3 Å². The predicted octanol–water partition coefficient (Wildman–Crippen LogP) is 7.87. The van der Waals surface area contributed by atoms with Crippen molar-refractivity contribution in [1.82, 2.24) is 4.90 Å². The predicted molar refractivity (Wildman–Crippen MR) is 184 cm³/mol. The van der Waals surface area contributed by atoms with E-state index in [-0.39, 0.29) is 18.2 Å². The molecule has 2 aliphatic rings. The maximum atomic E-state index is 12.4. The highest BCUT2D eigenvalue weighted by molar-refractivity contribution is 14.1. The van der Waals surface area contributed by atoms with Crippen LogP contribution in [0.3, 0.4) is 0 Å². The number of unbranched alkanes of at least 4 members (excludes halogenated alkanes) is 3. The Balaban J connectivity index is 0.889. The maximum Gasteiger partial charge on any atom is 0.410 e. The lowest BCUT2D eigenvalue weighted by molar-refractivity contribution is -0.180. The summed E-state index contributed by atoms with van der Waals surface area (Å²) in [6.07, 6.45) is 3.40. The van der Waals surface area contributed by atoms with Crippen molar-refractivity contribution in [3.05, 3.63) is 87.0 Å². The van der Waals surface area contributed by atoms with E-state index in [4.69, 9.17) is 23.7 Å². The number of carbonyl (C=O) groups is 2. The van der Waals surface area contributed by atoms with Gasteiger partial charge in [-0.2, -0.15) is 0 Å². The molecule has 3 aromatic rings. The molecule has 0 aliphatic carbocycles. The van der Waals surface area contributed by atoms with E-state index in [2.05, 4.69) is 33.2 Å². The van der Waals surface area contributed by atoms with E-state index < -0.39 is 5.79 Å². The lowest BCUT2D eigenvalue weighted by Crippen LogP contribution is -2.35. The molecule has 1 atom stereocenters. The zero-order valence-corrected chi connectivity index (χ0v) is 28.5. The second-order valence-corrected chi connectivity index (χ2v) is 13.1. The first-order chi connectivity index (χ1) is 22.2. The fourth-order valence-corrected chi connectivity index (χ4v) is 5.83. The van der Waals surface area contributed by atoms with E-state index in [1.165, 1.54) is 0 Å². The monoisotopic (exact) mass is 743 g/mol. The van der Waals surface area contributed by atoms with Gasteiger partial charge >= 0.3 is 12.1 Å². The molecule has 2 heterocycles. The number of nitrogens with one attached hydrogen (secondary N) is 2. The normalized spacial score (nSPS) is 16.8. The number of amides is 3. The van der Waals surface area contributed by atoms with Crippen LogP contribution in [0.4, 0.5) is 21.0 Å². The van der Waals surface area contributed by atoms with Gasteiger partial charge in [0.25, 0.3) is 0 Å². The number of benzene rings is 3. The quantitative estimate of drug-likeness (QED) is 0.121. The molecular weight excluding hydrogens is 701 g/mol.